The van der Waals surface area contributed by atoms with Crippen molar-refractivity contribution in [2.45, 2.75) is 26.3 Å². The first-order valence-electron chi connectivity index (χ1n) is 6.64. The van der Waals surface area contributed by atoms with Crippen LogP contribution >= 0.6 is 0 Å². The molecule has 0 spiro atoms. The fraction of sp³-hybridized carbons (Fsp3) is 0.267. The van der Waals surface area contributed by atoms with Gasteiger partial charge in [0.2, 0.25) is 0 Å². The first-order chi connectivity index (χ1) is 10.2. The van der Waals surface area contributed by atoms with E-state index in [1.54, 1.807) is 12.1 Å². The van der Waals surface area contributed by atoms with Crippen molar-refractivity contribution in [3.05, 3.63) is 30.0 Å². The molecule has 0 aliphatic heterocycles. The van der Waals surface area contributed by atoms with E-state index in [1.165, 1.54) is 12.1 Å². The third kappa shape index (κ3) is 3.43. The molecule has 1 aromatic heterocycles. The Hall–Kier alpha value is -2.83. The lowest BCUT2D eigenvalue weighted by Crippen LogP contribution is -2.28. The zero-order valence-electron chi connectivity index (χ0n) is 12.5. The molecular weight excluding hydrogens is 284 g/mol. The maximum atomic E-state index is 11.5. The summed E-state index contributed by atoms with van der Waals surface area (Å²) in [7, 11) is 0. The van der Waals surface area contributed by atoms with Crippen molar-refractivity contribution in [2.75, 3.05) is 11.1 Å². The van der Waals surface area contributed by atoms with Crippen LogP contribution in [0.3, 0.4) is 0 Å². The van der Waals surface area contributed by atoms with Crippen LogP contribution in [-0.2, 0) is 0 Å². The predicted molar refractivity (Wildman–Crippen MR) is 81.7 cm³/mol. The van der Waals surface area contributed by atoms with Crippen LogP contribution in [0.4, 0.5) is 11.5 Å². The highest BCUT2D eigenvalue weighted by Crippen LogP contribution is 2.27. The van der Waals surface area contributed by atoms with Gasteiger partial charge in [-0.3, -0.25) is 0 Å². The average molecular weight is 301 g/mol. The van der Waals surface area contributed by atoms with Crippen LogP contribution in [0.15, 0.2) is 24.3 Å². The molecule has 7 heteroatoms. The molecule has 0 atom stereocenters. The molecule has 0 aliphatic carbocycles. The van der Waals surface area contributed by atoms with Gasteiger partial charge in [0.15, 0.2) is 17.3 Å². The Bertz CT molecular complexity index is 723. The highest BCUT2D eigenvalue weighted by Gasteiger charge is 2.21. The summed E-state index contributed by atoms with van der Waals surface area (Å²) in [6, 6.07) is 5.94. The topological polar surface area (TPSA) is 124 Å². The molecule has 0 unspecified atom stereocenters. The summed E-state index contributed by atoms with van der Waals surface area (Å²) in [4.78, 5) is 19.6. The molecule has 1 aromatic carbocycles. The molecule has 4 N–H and O–H groups in total. The third-order valence-electron chi connectivity index (χ3n) is 2.73. The van der Waals surface area contributed by atoms with Crippen LogP contribution < -0.4 is 16.2 Å². The van der Waals surface area contributed by atoms with Crippen LogP contribution in [0, 0.1) is 0 Å². The van der Waals surface area contributed by atoms with E-state index < -0.39 is 5.97 Å². The van der Waals surface area contributed by atoms with Gasteiger partial charge in [-0.2, -0.15) is 0 Å². The number of hydrogen-bond donors (Lipinski definition) is 3. The second kappa shape index (κ2) is 5.51. The molecule has 116 valence electrons. The molecule has 1 heterocycles. The molecule has 0 amide bonds. The number of anilines is 2. The summed E-state index contributed by atoms with van der Waals surface area (Å²) in [5, 5.41) is 23.8. The van der Waals surface area contributed by atoms with E-state index in [0.29, 0.717) is 5.56 Å². The normalized spacial score (nSPS) is 11.2. The molecule has 2 aromatic rings. The second-order valence-corrected chi connectivity index (χ2v) is 5.87. The zero-order valence-corrected chi connectivity index (χ0v) is 12.5. The molecule has 7 nitrogen and oxygen atoms in total. The standard InChI is InChI=1S/C15H18N4O3/c1-15(2,3)19-13-10(16)11(14(21)22)17-12(18-13)8-5-4-6-9(20)7-8/h4-7,20H,16H2,1-3H3,(H,21,22)(H,17,18,19)/p-1. The van der Waals surface area contributed by atoms with E-state index in [9.17, 15) is 15.0 Å². The quantitative estimate of drug-likeness (QED) is 0.788. The Labute approximate surface area is 127 Å². The largest absolute Gasteiger partial charge is 0.872 e. The number of benzene rings is 1. The number of nitrogen functional groups attached to an aromatic ring is 1. The van der Waals surface area contributed by atoms with Crippen molar-refractivity contribution < 1.29 is 15.0 Å². The van der Waals surface area contributed by atoms with E-state index in [0.717, 1.165) is 0 Å². The number of carbonyl (C=O) groups is 1. The van der Waals surface area contributed by atoms with Gasteiger partial charge in [-0.1, -0.05) is 24.3 Å². The fourth-order valence-corrected chi connectivity index (χ4v) is 1.85. The summed E-state index contributed by atoms with van der Waals surface area (Å²) in [6.07, 6.45) is 0. The SMILES string of the molecule is CC(C)(C)Nc1nc(-c2cccc([O-])c2)nc(C(=O)O)c1N. The molecule has 22 heavy (non-hydrogen) atoms. The van der Waals surface area contributed by atoms with Gasteiger partial charge < -0.3 is 21.3 Å². The van der Waals surface area contributed by atoms with Gasteiger partial charge in [-0.05, 0) is 20.8 Å². The number of carboxylic acids is 1. The zero-order chi connectivity index (χ0) is 16.5. The number of nitrogens with zero attached hydrogens (tertiary/aromatic N) is 2. The van der Waals surface area contributed by atoms with E-state index in [2.05, 4.69) is 15.3 Å². The Morgan fingerprint density at radius 3 is 2.55 bits per heavy atom. The number of nitrogens with one attached hydrogen (secondary N) is 1. The lowest BCUT2D eigenvalue weighted by Gasteiger charge is -2.23. The van der Waals surface area contributed by atoms with E-state index in [-0.39, 0.29) is 34.3 Å². The lowest BCUT2D eigenvalue weighted by molar-refractivity contribution is -0.268. The van der Waals surface area contributed by atoms with Gasteiger partial charge in [0, 0.05) is 11.1 Å². The predicted octanol–water partition coefficient (Wildman–Crippen LogP) is 1.71. The first-order valence-corrected chi connectivity index (χ1v) is 6.64. The van der Waals surface area contributed by atoms with E-state index >= 15 is 0 Å². The Morgan fingerprint density at radius 2 is 2.00 bits per heavy atom. The van der Waals surface area contributed by atoms with Gasteiger partial charge in [0.1, 0.15) is 5.69 Å². The van der Waals surface area contributed by atoms with Gasteiger partial charge in [0.05, 0.1) is 0 Å². The summed E-state index contributed by atoms with van der Waals surface area (Å²) in [5.41, 5.74) is 5.57. The molecule has 0 saturated carbocycles. The summed E-state index contributed by atoms with van der Waals surface area (Å²) < 4.78 is 0. The number of aromatic nitrogens is 2. The average Bonchev–Trinajstić information content (AvgIpc) is 2.39. The maximum absolute atomic E-state index is 11.5. The summed E-state index contributed by atoms with van der Waals surface area (Å²) in [5.74, 6) is -1.10. The first kappa shape index (κ1) is 15.6. The highest BCUT2D eigenvalue weighted by molar-refractivity contribution is 5.95. The molecule has 0 radical (unpaired) electrons. The summed E-state index contributed by atoms with van der Waals surface area (Å²) in [6.45, 7) is 5.69. The highest BCUT2D eigenvalue weighted by atomic mass is 16.4. The van der Waals surface area contributed by atoms with E-state index in [4.69, 9.17) is 5.73 Å². The van der Waals surface area contributed by atoms with Crippen LogP contribution in [0.25, 0.3) is 11.4 Å². The smallest absolute Gasteiger partial charge is 0.356 e. The third-order valence-corrected chi connectivity index (χ3v) is 2.73. The summed E-state index contributed by atoms with van der Waals surface area (Å²) >= 11 is 0. The van der Waals surface area contributed by atoms with Gasteiger partial charge >= 0.3 is 5.97 Å². The Kier molecular flexibility index (Phi) is 3.90. The van der Waals surface area contributed by atoms with Crippen LogP contribution in [0.2, 0.25) is 0 Å². The lowest BCUT2D eigenvalue weighted by atomic mass is 10.1. The second-order valence-electron chi connectivity index (χ2n) is 5.87. The van der Waals surface area contributed by atoms with Crippen molar-refractivity contribution >= 4 is 17.5 Å². The van der Waals surface area contributed by atoms with Crippen molar-refractivity contribution in [1.82, 2.24) is 9.97 Å². The van der Waals surface area contributed by atoms with Gasteiger partial charge in [-0.15, -0.1) is 5.75 Å². The molecular formula is C15H17N4O3-. The fourth-order valence-electron chi connectivity index (χ4n) is 1.85. The molecule has 0 aliphatic rings. The number of hydrogen-bond acceptors (Lipinski definition) is 6. The monoisotopic (exact) mass is 301 g/mol. The number of aromatic carboxylic acids is 1. The molecule has 2 rings (SSSR count). The van der Waals surface area contributed by atoms with Crippen LogP contribution in [0.5, 0.6) is 5.75 Å². The Morgan fingerprint density at radius 1 is 1.32 bits per heavy atom. The minimum Gasteiger partial charge on any atom is -0.872 e. The van der Waals surface area contributed by atoms with Gasteiger partial charge in [0.25, 0.3) is 0 Å². The van der Waals surface area contributed by atoms with Crippen molar-refractivity contribution in [1.29, 1.82) is 0 Å². The molecule has 0 fully saturated rings. The number of rotatable bonds is 3. The minimum atomic E-state index is -1.25. The molecule has 0 bridgehead atoms. The number of nitrogens with two attached hydrogens (primary N) is 1. The number of carboxylic acid groups (broad SMARTS) is 1. The maximum Gasteiger partial charge on any atom is 0.356 e. The van der Waals surface area contributed by atoms with Crippen molar-refractivity contribution in [3.63, 3.8) is 0 Å². The van der Waals surface area contributed by atoms with Gasteiger partial charge in [-0.25, -0.2) is 14.8 Å². The van der Waals surface area contributed by atoms with Crippen molar-refractivity contribution in [2.24, 2.45) is 0 Å². The van der Waals surface area contributed by atoms with Crippen LogP contribution in [-0.4, -0.2) is 26.6 Å². The van der Waals surface area contributed by atoms with Crippen LogP contribution in [0.1, 0.15) is 31.3 Å². The van der Waals surface area contributed by atoms with Crippen molar-refractivity contribution in [3.8, 4) is 17.1 Å². The molecule has 0 saturated heterocycles. The Balaban J connectivity index is 2.62. The van der Waals surface area contributed by atoms with E-state index in [1.807, 2.05) is 20.8 Å². The minimum absolute atomic E-state index is 0.0375.